The van der Waals surface area contributed by atoms with Crippen LogP contribution in [0.5, 0.6) is 0 Å². The highest BCUT2D eigenvalue weighted by Gasteiger charge is 2.05. The van der Waals surface area contributed by atoms with E-state index in [0.29, 0.717) is 19.1 Å². The molecule has 0 radical (unpaired) electrons. The summed E-state index contributed by atoms with van der Waals surface area (Å²) in [6.07, 6.45) is 1.73. The first-order chi connectivity index (χ1) is 4.68. The Morgan fingerprint density at radius 1 is 1.60 bits per heavy atom. The summed E-state index contributed by atoms with van der Waals surface area (Å²) >= 11 is 0. The minimum atomic E-state index is 0.153. The average Bonchev–Trinajstić information content (AvgIpc) is 1.88. The first kappa shape index (κ1) is 9.66. The van der Waals surface area contributed by atoms with Crippen LogP contribution in [0.4, 0.5) is 0 Å². The zero-order valence-corrected chi connectivity index (χ0v) is 6.84. The molecule has 0 heterocycles. The summed E-state index contributed by atoms with van der Waals surface area (Å²) in [6, 6.07) is 0.153. The second kappa shape index (κ2) is 5.45. The molecule has 0 fully saturated rings. The lowest BCUT2D eigenvalue weighted by Gasteiger charge is -2.14. The van der Waals surface area contributed by atoms with E-state index < -0.39 is 0 Å². The molecule has 60 valence electrons. The van der Waals surface area contributed by atoms with E-state index in [1.54, 1.807) is 6.08 Å². The maximum Gasteiger partial charge on any atom is 0.0645 e. The Balaban J connectivity index is 3.21. The summed E-state index contributed by atoms with van der Waals surface area (Å²) in [4.78, 5) is 0. The Hall–Kier alpha value is -0.340. The monoisotopic (exact) mass is 143 g/mol. The molecule has 0 aliphatic heterocycles. The molecule has 0 aromatic carbocycles. The smallest absolute Gasteiger partial charge is 0.0645 e. The Kier molecular flexibility index (Phi) is 5.26. The molecule has 0 aliphatic carbocycles. The van der Waals surface area contributed by atoms with Crippen LogP contribution in [0.3, 0.4) is 0 Å². The lowest BCUT2D eigenvalue weighted by Crippen LogP contribution is -2.31. The third-order valence-corrected chi connectivity index (χ3v) is 1.40. The van der Waals surface area contributed by atoms with Crippen LogP contribution in [0.15, 0.2) is 12.7 Å². The highest BCUT2D eigenvalue weighted by molar-refractivity contribution is 4.67. The first-order valence-corrected chi connectivity index (χ1v) is 3.62. The molecule has 0 amide bonds. The molecule has 0 saturated carbocycles. The topological polar surface area (TPSA) is 35.2 Å². The zero-order valence-electron chi connectivity index (χ0n) is 6.84. The predicted molar refractivity (Wildman–Crippen MR) is 43.8 cm³/mol. The lowest BCUT2D eigenvalue weighted by molar-refractivity contribution is 0.134. The molecular weight excluding hydrogens is 126 g/mol. The lowest BCUT2D eigenvalue weighted by atomic mass is 10.1. The van der Waals surface area contributed by atoms with Crippen molar-refractivity contribution in [2.75, 3.05) is 13.2 Å². The van der Waals surface area contributed by atoms with Gasteiger partial charge in [-0.05, 0) is 5.92 Å². The Bertz CT molecular complexity index is 91.3. The van der Waals surface area contributed by atoms with Gasteiger partial charge in [-0.15, -0.1) is 6.58 Å². The second-order valence-corrected chi connectivity index (χ2v) is 2.73. The molecule has 0 aromatic heterocycles. The van der Waals surface area contributed by atoms with Crippen molar-refractivity contribution in [1.29, 1.82) is 0 Å². The maximum absolute atomic E-state index is 5.70. The zero-order chi connectivity index (χ0) is 7.98. The molecule has 2 nitrogen and oxygen atoms in total. The van der Waals surface area contributed by atoms with Crippen molar-refractivity contribution in [3.05, 3.63) is 12.7 Å². The van der Waals surface area contributed by atoms with Gasteiger partial charge in [-0.3, -0.25) is 0 Å². The average molecular weight is 143 g/mol. The van der Waals surface area contributed by atoms with Gasteiger partial charge in [0.2, 0.25) is 0 Å². The Labute approximate surface area is 63.1 Å². The number of hydrogen-bond donors (Lipinski definition) is 1. The number of nitrogens with two attached hydrogens (primary N) is 1. The molecule has 0 spiro atoms. The first-order valence-electron chi connectivity index (χ1n) is 3.62. The molecule has 0 aliphatic rings. The highest BCUT2D eigenvalue weighted by atomic mass is 16.5. The minimum Gasteiger partial charge on any atom is -0.376 e. The van der Waals surface area contributed by atoms with Gasteiger partial charge in [-0.1, -0.05) is 19.9 Å². The number of ether oxygens (including phenoxy) is 1. The number of hydrogen-bond acceptors (Lipinski definition) is 2. The largest absolute Gasteiger partial charge is 0.376 e. The molecule has 1 atom stereocenters. The van der Waals surface area contributed by atoms with Crippen LogP contribution in [-0.2, 0) is 4.74 Å². The quantitative estimate of drug-likeness (QED) is 0.463. The van der Waals surface area contributed by atoms with Gasteiger partial charge in [0.05, 0.1) is 13.2 Å². The van der Waals surface area contributed by atoms with E-state index in [9.17, 15) is 0 Å². The van der Waals surface area contributed by atoms with Gasteiger partial charge < -0.3 is 10.5 Å². The SMILES string of the molecule is C=CCOC[C@@H](N)C(C)C. The van der Waals surface area contributed by atoms with Gasteiger partial charge in [0, 0.05) is 6.04 Å². The van der Waals surface area contributed by atoms with Gasteiger partial charge in [-0.2, -0.15) is 0 Å². The normalized spacial score (nSPS) is 13.6. The third kappa shape index (κ3) is 4.53. The van der Waals surface area contributed by atoms with Crippen molar-refractivity contribution in [2.24, 2.45) is 11.7 Å². The van der Waals surface area contributed by atoms with E-state index in [4.69, 9.17) is 10.5 Å². The summed E-state index contributed by atoms with van der Waals surface area (Å²) in [6.45, 7) is 8.93. The summed E-state index contributed by atoms with van der Waals surface area (Å²) in [7, 11) is 0. The molecule has 0 saturated heterocycles. The fourth-order valence-electron chi connectivity index (χ4n) is 0.480. The molecule has 0 aromatic rings. The van der Waals surface area contributed by atoms with Gasteiger partial charge in [0.1, 0.15) is 0 Å². The van der Waals surface area contributed by atoms with Crippen molar-refractivity contribution in [2.45, 2.75) is 19.9 Å². The standard InChI is InChI=1S/C8H17NO/c1-4-5-10-6-8(9)7(2)3/h4,7-8H,1,5-6,9H2,2-3H3/t8-/m1/s1. The van der Waals surface area contributed by atoms with Crippen LogP contribution >= 0.6 is 0 Å². The van der Waals surface area contributed by atoms with Gasteiger partial charge in [0.15, 0.2) is 0 Å². The van der Waals surface area contributed by atoms with E-state index in [0.717, 1.165) is 0 Å². The van der Waals surface area contributed by atoms with Crippen molar-refractivity contribution in [3.63, 3.8) is 0 Å². The van der Waals surface area contributed by atoms with Crippen molar-refractivity contribution in [3.8, 4) is 0 Å². The van der Waals surface area contributed by atoms with Crippen molar-refractivity contribution < 1.29 is 4.74 Å². The number of rotatable bonds is 5. The predicted octanol–water partition coefficient (Wildman–Crippen LogP) is 1.17. The van der Waals surface area contributed by atoms with Gasteiger partial charge >= 0.3 is 0 Å². The third-order valence-electron chi connectivity index (χ3n) is 1.40. The van der Waals surface area contributed by atoms with Crippen LogP contribution in [0.2, 0.25) is 0 Å². The highest BCUT2D eigenvalue weighted by Crippen LogP contribution is 1.97. The summed E-state index contributed by atoms with van der Waals surface area (Å²) in [5.74, 6) is 0.491. The van der Waals surface area contributed by atoms with Gasteiger partial charge in [0.25, 0.3) is 0 Å². The van der Waals surface area contributed by atoms with E-state index in [1.807, 2.05) is 0 Å². The minimum absolute atomic E-state index is 0.153. The molecular formula is C8H17NO. The van der Waals surface area contributed by atoms with Crippen molar-refractivity contribution in [1.82, 2.24) is 0 Å². The van der Waals surface area contributed by atoms with Crippen LogP contribution in [0.25, 0.3) is 0 Å². The van der Waals surface area contributed by atoms with Crippen LogP contribution in [0, 0.1) is 5.92 Å². The molecule has 2 N–H and O–H groups in total. The van der Waals surface area contributed by atoms with E-state index in [1.165, 1.54) is 0 Å². The summed E-state index contributed by atoms with van der Waals surface area (Å²) in [5, 5.41) is 0. The Morgan fingerprint density at radius 3 is 2.60 bits per heavy atom. The summed E-state index contributed by atoms with van der Waals surface area (Å²) < 4.78 is 5.16. The molecule has 10 heavy (non-hydrogen) atoms. The maximum atomic E-state index is 5.70. The van der Waals surface area contributed by atoms with Crippen LogP contribution in [-0.4, -0.2) is 19.3 Å². The second-order valence-electron chi connectivity index (χ2n) is 2.73. The Morgan fingerprint density at radius 2 is 2.20 bits per heavy atom. The fourth-order valence-corrected chi connectivity index (χ4v) is 0.480. The van der Waals surface area contributed by atoms with Crippen LogP contribution in [0.1, 0.15) is 13.8 Å². The molecule has 0 bridgehead atoms. The summed E-state index contributed by atoms with van der Waals surface area (Å²) in [5.41, 5.74) is 5.70. The fraction of sp³-hybridized carbons (Fsp3) is 0.750. The van der Waals surface area contributed by atoms with E-state index in [2.05, 4.69) is 20.4 Å². The van der Waals surface area contributed by atoms with Crippen molar-refractivity contribution >= 4 is 0 Å². The van der Waals surface area contributed by atoms with E-state index in [-0.39, 0.29) is 6.04 Å². The van der Waals surface area contributed by atoms with Gasteiger partial charge in [-0.25, -0.2) is 0 Å². The van der Waals surface area contributed by atoms with E-state index >= 15 is 0 Å². The molecule has 2 heteroatoms. The molecule has 0 rings (SSSR count). The molecule has 0 unspecified atom stereocenters. The van der Waals surface area contributed by atoms with Crippen LogP contribution < -0.4 is 5.73 Å².